The Morgan fingerprint density at radius 1 is 1.25 bits per heavy atom. The quantitative estimate of drug-likeness (QED) is 0.804. The van der Waals surface area contributed by atoms with Crippen LogP contribution in [0, 0.1) is 5.92 Å². The Kier molecular flexibility index (Phi) is 5.83. The van der Waals surface area contributed by atoms with Gasteiger partial charge in [0.1, 0.15) is 0 Å². The highest BCUT2D eigenvalue weighted by Gasteiger charge is 2.30. The number of rotatable bonds is 4. The molecule has 2 saturated heterocycles. The molecule has 0 radical (unpaired) electrons. The maximum absolute atomic E-state index is 12.5. The minimum absolute atomic E-state index is 0.119. The Bertz CT molecular complexity index is 340. The molecular formula is C15H27N3O2. The van der Waals surface area contributed by atoms with Crippen molar-refractivity contribution in [1.29, 1.82) is 0 Å². The summed E-state index contributed by atoms with van der Waals surface area (Å²) in [7, 11) is 0. The van der Waals surface area contributed by atoms with E-state index in [-0.39, 0.29) is 17.9 Å². The minimum atomic E-state index is 0.119. The van der Waals surface area contributed by atoms with Crippen LogP contribution in [0.4, 0.5) is 0 Å². The van der Waals surface area contributed by atoms with Gasteiger partial charge in [0.2, 0.25) is 11.8 Å². The van der Waals surface area contributed by atoms with Crippen molar-refractivity contribution >= 4 is 11.8 Å². The molecule has 0 saturated carbocycles. The second-order valence-electron chi connectivity index (χ2n) is 5.97. The molecule has 2 rings (SSSR count). The first-order valence-electron chi connectivity index (χ1n) is 7.99. The van der Waals surface area contributed by atoms with Crippen LogP contribution in [0.1, 0.15) is 45.4 Å². The van der Waals surface area contributed by atoms with E-state index < -0.39 is 0 Å². The monoisotopic (exact) mass is 281 g/mol. The Balaban J connectivity index is 1.82. The van der Waals surface area contributed by atoms with Gasteiger partial charge in [0, 0.05) is 31.5 Å². The Labute approximate surface area is 121 Å². The van der Waals surface area contributed by atoms with Crippen molar-refractivity contribution < 1.29 is 9.59 Å². The molecule has 20 heavy (non-hydrogen) atoms. The zero-order valence-electron chi connectivity index (χ0n) is 12.5. The van der Waals surface area contributed by atoms with Crippen molar-refractivity contribution in [2.24, 2.45) is 5.92 Å². The molecule has 114 valence electrons. The van der Waals surface area contributed by atoms with E-state index in [4.69, 9.17) is 0 Å². The molecule has 2 heterocycles. The number of nitrogens with zero attached hydrogens (tertiary/aromatic N) is 1. The SMILES string of the molecule is CCCC(=O)NC1CCCN(C(=O)C2CCNCC2)C1. The predicted molar refractivity (Wildman–Crippen MR) is 78.2 cm³/mol. The van der Waals surface area contributed by atoms with Crippen LogP contribution in [0.25, 0.3) is 0 Å². The van der Waals surface area contributed by atoms with Gasteiger partial charge in [-0.05, 0) is 45.2 Å². The normalized spacial score (nSPS) is 24.4. The van der Waals surface area contributed by atoms with Crippen LogP contribution in [0.15, 0.2) is 0 Å². The summed E-state index contributed by atoms with van der Waals surface area (Å²) in [6.07, 6.45) is 5.33. The van der Waals surface area contributed by atoms with Crippen LogP contribution in [-0.4, -0.2) is 48.9 Å². The lowest BCUT2D eigenvalue weighted by Gasteiger charge is -2.36. The second-order valence-corrected chi connectivity index (χ2v) is 5.97. The number of carbonyl (C=O) groups excluding carboxylic acids is 2. The van der Waals surface area contributed by atoms with Crippen molar-refractivity contribution in [2.75, 3.05) is 26.2 Å². The number of likely N-dealkylation sites (tertiary alicyclic amines) is 1. The van der Waals surface area contributed by atoms with Gasteiger partial charge in [-0.1, -0.05) is 6.92 Å². The highest BCUT2D eigenvalue weighted by atomic mass is 16.2. The summed E-state index contributed by atoms with van der Waals surface area (Å²) in [4.78, 5) is 26.1. The number of nitrogens with one attached hydrogen (secondary N) is 2. The van der Waals surface area contributed by atoms with Gasteiger partial charge in [0.05, 0.1) is 0 Å². The molecule has 5 heteroatoms. The summed E-state index contributed by atoms with van der Waals surface area (Å²) >= 11 is 0. The maximum Gasteiger partial charge on any atom is 0.225 e. The van der Waals surface area contributed by atoms with E-state index in [9.17, 15) is 9.59 Å². The molecule has 0 aromatic carbocycles. The zero-order chi connectivity index (χ0) is 14.4. The lowest BCUT2D eigenvalue weighted by Crippen LogP contribution is -2.51. The van der Waals surface area contributed by atoms with E-state index in [1.165, 1.54) is 0 Å². The second kappa shape index (κ2) is 7.62. The topological polar surface area (TPSA) is 61.4 Å². The number of amides is 2. The van der Waals surface area contributed by atoms with Crippen molar-refractivity contribution in [1.82, 2.24) is 15.5 Å². The van der Waals surface area contributed by atoms with Crippen LogP contribution in [0.2, 0.25) is 0 Å². The van der Waals surface area contributed by atoms with Gasteiger partial charge >= 0.3 is 0 Å². The van der Waals surface area contributed by atoms with E-state index in [1.807, 2.05) is 11.8 Å². The van der Waals surface area contributed by atoms with Gasteiger partial charge in [-0.25, -0.2) is 0 Å². The van der Waals surface area contributed by atoms with Crippen molar-refractivity contribution in [3.05, 3.63) is 0 Å². The van der Waals surface area contributed by atoms with Crippen molar-refractivity contribution in [3.8, 4) is 0 Å². The van der Waals surface area contributed by atoms with Gasteiger partial charge in [0.25, 0.3) is 0 Å². The fourth-order valence-electron chi connectivity index (χ4n) is 3.15. The van der Waals surface area contributed by atoms with E-state index in [1.54, 1.807) is 0 Å². The molecule has 2 aliphatic rings. The third-order valence-corrected chi connectivity index (χ3v) is 4.26. The van der Waals surface area contributed by atoms with Crippen molar-refractivity contribution in [3.63, 3.8) is 0 Å². The minimum Gasteiger partial charge on any atom is -0.352 e. The van der Waals surface area contributed by atoms with E-state index in [0.29, 0.717) is 18.9 Å². The zero-order valence-corrected chi connectivity index (χ0v) is 12.5. The smallest absolute Gasteiger partial charge is 0.225 e. The fourth-order valence-corrected chi connectivity index (χ4v) is 3.15. The molecule has 0 spiro atoms. The fraction of sp³-hybridized carbons (Fsp3) is 0.867. The van der Waals surface area contributed by atoms with E-state index in [2.05, 4.69) is 10.6 Å². The molecule has 2 amide bonds. The molecular weight excluding hydrogens is 254 g/mol. The summed E-state index contributed by atoms with van der Waals surface area (Å²) < 4.78 is 0. The molecule has 0 bridgehead atoms. The number of piperidine rings is 2. The van der Waals surface area contributed by atoms with Crippen LogP contribution in [0.5, 0.6) is 0 Å². The molecule has 0 aliphatic carbocycles. The van der Waals surface area contributed by atoms with E-state index in [0.717, 1.165) is 51.7 Å². The molecule has 2 N–H and O–H groups in total. The Hall–Kier alpha value is -1.10. The first kappa shape index (κ1) is 15.3. The maximum atomic E-state index is 12.5. The summed E-state index contributed by atoms with van der Waals surface area (Å²) in [5.41, 5.74) is 0. The van der Waals surface area contributed by atoms with Gasteiger partial charge in [-0.2, -0.15) is 0 Å². The standard InChI is InChI=1S/C15H27N3O2/c1-2-4-14(19)17-13-5-3-10-18(11-13)15(20)12-6-8-16-9-7-12/h12-13,16H,2-11H2,1H3,(H,17,19). The summed E-state index contributed by atoms with van der Waals surface area (Å²) in [6.45, 7) is 5.44. The lowest BCUT2D eigenvalue weighted by atomic mass is 9.95. The van der Waals surface area contributed by atoms with Gasteiger partial charge < -0.3 is 15.5 Å². The van der Waals surface area contributed by atoms with E-state index >= 15 is 0 Å². The van der Waals surface area contributed by atoms with Gasteiger partial charge in [-0.3, -0.25) is 9.59 Å². The summed E-state index contributed by atoms with van der Waals surface area (Å²) in [5, 5.41) is 6.36. The lowest BCUT2D eigenvalue weighted by molar-refractivity contribution is -0.138. The van der Waals surface area contributed by atoms with Gasteiger partial charge in [0.15, 0.2) is 0 Å². The Morgan fingerprint density at radius 3 is 2.70 bits per heavy atom. The largest absolute Gasteiger partial charge is 0.352 e. The molecule has 2 fully saturated rings. The first-order valence-corrected chi connectivity index (χ1v) is 7.99. The molecule has 1 unspecified atom stereocenters. The number of carbonyl (C=O) groups is 2. The van der Waals surface area contributed by atoms with Gasteiger partial charge in [-0.15, -0.1) is 0 Å². The molecule has 0 aromatic rings. The van der Waals surface area contributed by atoms with Crippen LogP contribution in [-0.2, 0) is 9.59 Å². The third-order valence-electron chi connectivity index (χ3n) is 4.26. The number of hydrogen-bond donors (Lipinski definition) is 2. The average molecular weight is 281 g/mol. The number of hydrogen-bond acceptors (Lipinski definition) is 3. The predicted octanol–water partition coefficient (Wildman–Crippen LogP) is 0.893. The average Bonchev–Trinajstić information content (AvgIpc) is 2.48. The Morgan fingerprint density at radius 2 is 2.00 bits per heavy atom. The molecule has 2 aliphatic heterocycles. The third kappa shape index (κ3) is 4.20. The van der Waals surface area contributed by atoms with Crippen LogP contribution < -0.4 is 10.6 Å². The highest BCUT2D eigenvalue weighted by molar-refractivity contribution is 5.79. The molecule has 5 nitrogen and oxygen atoms in total. The van der Waals surface area contributed by atoms with Crippen LogP contribution >= 0.6 is 0 Å². The summed E-state index contributed by atoms with van der Waals surface area (Å²) in [6, 6.07) is 0.147. The molecule has 0 aromatic heterocycles. The van der Waals surface area contributed by atoms with Crippen LogP contribution in [0.3, 0.4) is 0 Å². The van der Waals surface area contributed by atoms with Crippen molar-refractivity contribution in [2.45, 2.75) is 51.5 Å². The summed E-state index contributed by atoms with van der Waals surface area (Å²) in [5.74, 6) is 0.593. The highest BCUT2D eigenvalue weighted by Crippen LogP contribution is 2.19. The first-order chi connectivity index (χ1) is 9.70. The molecule has 1 atom stereocenters.